The van der Waals surface area contributed by atoms with Crippen LogP contribution in [0.25, 0.3) is 0 Å². The van der Waals surface area contributed by atoms with Gasteiger partial charge in [-0.15, -0.1) is 10.2 Å². The van der Waals surface area contributed by atoms with Crippen molar-refractivity contribution in [3.63, 3.8) is 0 Å². The molecule has 1 atom stereocenters. The number of nitrogens with zero attached hydrogens (tertiary/aromatic N) is 3. The number of hydrogen-bond acceptors (Lipinski definition) is 7. The molecule has 1 unspecified atom stereocenters. The normalized spacial score (nSPS) is 11.5. The smallest absolute Gasteiger partial charge is 0.266 e. The minimum absolute atomic E-state index is 0.351. The van der Waals surface area contributed by atoms with E-state index in [1.54, 1.807) is 49.4 Å². The molecule has 0 aliphatic heterocycles. The number of ether oxygens (including phenoxy) is 1. The van der Waals surface area contributed by atoms with E-state index < -0.39 is 6.10 Å². The monoisotopic (exact) mass is 464 g/mol. The van der Waals surface area contributed by atoms with E-state index in [-0.39, 0.29) is 5.91 Å². The van der Waals surface area contributed by atoms with E-state index in [1.807, 2.05) is 6.07 Å². The number of nitriles is 1. The number of rotatable bonds is 7. The van der Waals surface area contributed by atoms with Gasteiger partial charge < -0.3 is 4.74 Å². The Labute approximate surface area is 185 Å². The zero-order valence-corrected chi connectivity index (χ0v) is 18.2. The zero-order chi connectivity index (χ0) is 20.8. The van der Waals surface area contributed by atoms with Crippen molar-refractivity contribution >= 4 is 57.3 Å². The molecule has 10 heteroatoms. The third kappa shape index (κ3) is 5.84. The molecule has 3 rings (SSSR count). The van der Waals surface area contributed by atoms with Gasteiger partial charge in [-0.05, 0) is 48.9 Å². The Morgan fingerprint density at radius 3 is 2.59 bits per heavy atom. The molecule has 1 aromatic heterocycles. The number of anilines is 1. The first-order valence-electron chi connectivity index (χ1n) is 8.33. The molecule has 1 amide bonds. The van der Waals surface area contributed by atoms with E-state index in [0.717, 1.165) is 5.56 Å². The lowest BCUT2D eigenvalue weighted by Gasteiger charge is -2.13. The zero-order valence-electron chi connectivity index (χ0n) is 15.1. The summed E-state index contributed by atoms with van der Waals surface area (Å²) in [5.74, 6) is 0.687. The molecule has 1 N–H and O–H groups in total. The van der Waals surface area contributed by atoms with E-state index in [1.165, 1.54) is 23.1 Å². The molecule has 0 spiro atoms. The Bertz CT molecular complexity index is 1030. The first kappa shape index (κ1) is 21.4. The Morgan fingerprint density at radius 1 is 1.24 bits per heavy atom. The van der Waals surface area contributed by atoms with E-state index >= 15 is 0 Å². The second-order valence-electron chi connectivity index (χ2n) is 5.75. The van der Waals surface area contributed by atoms with Gasteiger partial charge in [-0.1, -0.05) is 52.4 Å². The number of amides is 1. The number of nitrogens with one attached hydrogen (secondary N) is 1. The van der Waals surface area contributed by atoms with Gasteiger partial charge in [-0.2, -0.15) is 5.26 Å². The fraction of sp³-hybridized carbons (Fsp3) is 0.158. The molecule has 0 fully saturated rings. The number of carbonyl (C=O) groups excluding carboxylic acids is 1. The number of halogens is 2. The Hall–Kier alpha value is -2.31. The molecule has 1 heterocycles. The maximum atomic E-state index is 12.3. The van der Waals surface area contributed by atoms with Crippen LogP contribution in [0.5, 0.6) is 5.75 Å². The van der Waals surface area contributed by atoms with Crippen LogP contribution in [-0.4, -0.2) is 22.2 Å². The number of thioether (sulfide) groups is 1. The number of aromatic nitrogens is 2. The van der Waals surface area contributed by atoms with Gasteiger partial charge in [0.25, 0.3) is 5.91 Å². The first-order valence-corrected chi connectivity index (χ1v) is 10.9. The fourth-order valence-electron chi connectivity index (χ4n) is 2.20. The molecule has 6 nitrogen and oxygen atoms in total. The molecule has 0 bridgehead atoms. The van der Waals surface area contributed by atoms with Crippen molar-refractivity contribution in [2.24, 2.45) is 0 Å². The van der Waals surface area contributed by atoms with Crippen LogP contribution in [0.3, 0.4) is 0 Å². The second kappa shape index (κ2) is 9.94. The SMILES string of the molecule is CC(Oc1ccc(C#N)cc1)C(=O)Nc1nnc(SCc2c(Cl)cccc2Cl)s1. The summed E-state index contributed by atoms with van der Waals surface area (Å²) >= 11 is 15.0. The van der Waals surface area contributed by atoms with Gasteiger partial charge in [0, 0.05) is 15.8 Å². The van der Waals surface area contributed by atoms with Gasteiger partial charge >= 0.3 is 0 Å². The average Bonchev–Trinajstić information content (AvgIpc) is 3.15. The van der Waals surface area contributed by atoms with Crippen LogP contribution >= 0.6 is 46.3 Å². The van der Waals surface area contributed by atoms with Crippen LogP contribution in [0.15, 0.2) is 46.8 Å². The predicted molar refractivity (Wildman–Crippen MR) is 116 cm³/mol. The summed E-state index contributed by atoms with van der Waals surface area (Å²) in [6, 6.07) is 13.9. The number of benzene rings is 2. The highest BCUT2D eigenvalue weighted by Gasteiger charge is 2.17. The molecule has 148 valence electrons. The molecular formula is C19H14Cl2N4O2S2. The van der Waals surface area contributed by atoms with Crippen LogP contribution in [0.4, 0.5) is 5.13 Å². The quantitative estimate of drug-likeness (QED) is 0.371. The maximum absolute atomic E-state index is 12.3. The van der Waals surface area contributed by atoms with Gasteiger partial charge in [0.2, 0.25) is 5.13 Å². The summed E-state index contributed by atoms with van der Waals surface area (Å²) in [5.41, 5.74) is 1.34. The van der Waals surface area contributed by atoms with E-state index in [2.05, 4.69) is 15.5 Å². The Kier molecular flexibility index (Phi) is 7.34. The van der Waals surface area contributed by atoms with Gasteiger partial charge in [0.05, 0.1) is 11.6 Å². The fourth-order valence-corrected chi connectivity index (χ4v) is 4.69. The number of hydrogen-bond donors (Lipinski definition) is 1. The molecule has 29 heavy (non-hydrogen) atoms. The Morgan fingerprint density at radius 2 is 1.93 bits per heavy atom. The summed E-state index contributed by atoms with van der Waals surface area (Å²) in [6.07, 6.45) is -0.745. The highest BCUT2D eigenvalue weighted by atomic mass is 35.5. The molecule has 2 aromatic carbocycles. The molecule has 3 aromatic rings. The highest BCUT2D eigenvalue weighted by molar-refractivity contribution is 8.00. The summed E-state index contributed by atoms with van der Waals surface area (Å²) < 4.78 is 6.26. The molecule has 0 aliphatic carbocycles. The molecule has 0 radical (unpaired) electrons. The van der Waals surface area contributed by atoms with Gasteiger partial charge in [-0.3, -0.25) is 10.1 Å². The van der Waals surface area contributed by atoms with Crippen LogP contribution in [-0.2, 0) is 10.5 Å². The standard InChI is InChI=1S/C19H14Cl2N4O2S2/c1-11(27-13-7-5-12(9-22)6-8-13)17(26)23-18-24-25-19(29-18)28-10-14-15(20)3-2-4-16(14)21/h2-8,11H,10H2,1H3,(H,23,24,26). The minimum Gasteiger partial charge on any atom is -0.481 e. The lowest BCUT2D eigenvalue weighted by atomic mass is 10.2. The molecular weight excluding hydrogens is 451 g/mol. The molecule has 0 saturated carbocycles. The lowest BCUT2D eigenvalue weighted by Crippen LogP contribution is -2.30. The summed E-state index contributed by atoms with van der Waals surface area (Å²) in [5, 5.41) is 21.1. The van der Waals surface area contributed by atoms with Crippen LogP contribution < -0.4 is 10.1 Å². The van der Waals surface area contributed by atoms with Gasteiger partial charge in [0.15, 0.2) is 10.4 Å². The third-order valence-electron chi connectivity index (χ3n) is 3.70. The molecule has 0 saturated heterocycles. The topological polar surface area (TPSA) is 87.9 Å². The maximum Gasteiger partial charge on any atom is 0.266 e. The number of carbonyl (C=O) groups is 1. The van der Waals surface area contributed by atoms with Gasteiger partial charge in [0.1, 0.15) is 5.75 Å². The molecule has 0 aliphatic rings. The first-order chi connectivity index (χ1) is 14.0. The van der Waals surface area contributed by atoms with E-state index in [0.29, 0.717) is 36.6 Å². The minimum atomic E-state index is -0.745. The summed E-state index contributed by atoms with van der Waals surface area (Å²) in [7, 11) is 0. The lowest BCUT2D eigenvalue weighted by molar-refractivity contribution is -0.122. The van der Waals surface area contributed by atoms with Crippen molar-refractivity contribution in [1.82, 2.24) is 10.2 Å². The van der Waals surface area contributed by atoms with Crippen molar-refractivity contribution in [1.29, 1.82) is 5.26 Å². The third-order valence-corrected chi connectivity index (χ3v) is 6.41. The average molecular weight is 465 g/mol. The van der Waals surface area contributed by atoms with Crippen molar-refractivity contribution in [3.05, 3.63) is 63.6 Å². The van der Waals surface area contributed by atoms with Crippen molar-refractivity contribution in [2.45, 2.75) is 23.1 Å². The summed E-state index contributed by atoms with van der Waals surface area (Å²) in [6.45, 7) is 1.63. The van der Waals surface area contributed by atoms with Crippen LogP contribution in [0.2, 0.25) is 10.0 Å². The predicted octanol–water partition coefficient (Wildman–Crippen LogP) is 5.41. The van der Waals surface area contributed by atoms with Gasteiger partial charge in [-0.25, -0.2) is 0 Å². The largest absolute Gasteiger partial charge is 0.481 e. The highest BCUT2D eigenvalue weighted by Crippen LogP contribution is 2.33. The van der Waals surface area contributed by atoms with Crippen LogP contribution in [0, 0.1) is 11.3 Å². The van der Waals surface area contributed by atoms with E-state index in [4.69, 9.17) is 33.2 Å². The van der Waals surface area contributed by atoms with Crippen LogP contribution in [0.1, 0.15) is 18.1 Å². The second-order valence-corrected chi connectivity index (χ2v) is 8.76. The van der Waals surface area contributed by atoms with Crippen molar-refractivity contribution < 1.29 is 9.53 Å². The summed E-state index contributed by atoms with van der Waals surface area (Å²) in [4.78, 5) is 12.3. The van der Waals surface area contributed by atoms with Crippen molar-refractivity contribution in [2.75, 3.05) is 5.32 Å². The van der Waals surface area contributed by atoms with E-state index in [9.17, 15) is 4.79 Å². The Balaban J connectivity index is 1.54. The van der Waals surface area contributed by atoms with Crippen molar-refractivity contribution in [3.8, 4) is 11.8 Å².